The van der Waals surface area contributed by atoms with E-state index in [1.54, 1.807) is 0 Å². The lowest BCUT2D eigenvalue weighted by atomic mass is 9.85. The lowest BCUT2D eigenvalue weighted by molar-refractivity contribution is 0.192. The van der Waals surface area contributed by atoms with E-state index < -0.39 is 0 Å². The molecular weight excluding hydrogens is 244 g/mol. The van der Waals surface area contributed by atoms with Crippen molar-refractivity contribution >= 4 is 0 Å². The molecule has 1 aliphatic rings. The average molecular weight is 274 g/mol. The maximum absolute atomic E-state index is 3.65. The van der Waals surface area contributed by atoms with Gasteiger partial charge in [-0.05, 0) is 51.8 Å². The summed E-state index contributed by atoms with van der Waals surface area (Å²) in [5, 5.41) is 3.65. The van der Waals surface area contributed by atoms with Gasteiger partial charge in [-0.3, -0.25) is 0 Å². The van der Waals surface area contributed by atoms with Gasteiger partial charge < -0.3 is 10.2 Å². The number of rotatable bonds is 7. The second-order valence-electron chi connectivity index (χ2n) is 6.55. The average Bonchev–Trinajstić information content (AvgIpc) is 2.32. The molecule has 0 aromatic heterocycles. The Morgan fingerprint density at radius 1 is 1.20 bits per heavy atom. The normalized spacial score (nSPS) is 17.2. The fourth-order valence-corrected chi connectivity index (χ4v) is 3.25. The first-order chi connectivity index (χ1) is 9.58. The van der Waals surface area contributed by atoms with Crippen molar-refractivity contribution in [1.82, 2.24) is 10.2 Å². The van der Waals surface area contributed by atoms with Crippen LogP contribution in [0.25, 0.3) is 0 Å². The Kier molecular flexibility index (Phi) is 5.62. The molecule has 0 aliphatic heterocycles. The Hall–Kier alpha value is -0.860. The van der Waals surface area contributed by atoms with Crippen LogP contribution in [0, 0.1) is 19.8 Å². The number of benzene rings is 1. The molecule has 2 rings (SSSR count). The van der Waals surface area contributed by atoms with E-state index in [2.05, 4.69) is 56.2 Å². The Labute approximate surface area is 124 Å². The Bertz CT molecular complexity index is 403. The fraction of sp³-hybridized carbons (Fsp3) is 0.667. The number of nitrogens with one attached hydrogen (secondary N) is 1. The minimum absolute atomic E-state index is 0.448. The van der Waals surface area contributed by atoms with E-state index >= 15 is 0 Å². The highest BCUT2D eigenvalue weighted by molar-refractivity contribution is 5.30. The summed E-state index contributed by atoms with van der Waals surface area (Å²) >= 11 is 0. The largest absolute Gasteiger partial charge is 0.309 e. The number of hydrogen-bond acceptors (Lipinski definition) is 2. The third kappa shape index (κ3) is 4.32. The van der Waals surface area contributed by atoms with Crippen LogP contribution in [0.5, 0.6) is 0 Å². The van der Waals surface area contributed by atoms with Gasteiger partial charge in [0.2, 0.25) is 0 Å². The fourth-order valence-electron chi connectivity index (χ4n) is 3.25. The molecule has 0 radical (unpaired) electrons. The molecular formula is C18H30N2. The molecule has 1 aromatic carbocycles. The van der Waals surface area contributed by atoms with Crippen LogP contribution in [0.1, 0.15) is 48.9 Å². The zero-order valence-corrected chi connectivity index (χ0v) is 13.6. The number of hydrogen-bond donors (Lipinski definition) is 1. The van der Waals surface area contributed by atoms with Crippen LogP contribution < -0.4 is 5.32 Å². The first kappa shape index (κ1) is 15.5. The summed E-state index contributed by atoms with van der Waals surface area (Å²) in [6, 6.07) is 7.36. The van der Waals surface area contributed by atoms with Gasteiger partial charge in [0.25, 0.3) is 0 Å². The maximum atomic E-state index is 3.65. The van der Waals surface area contributed by atoms with Crippen LogP contribution in [-0.4, -0.2) is 31.6 Å². The van der Waals surface area contributed by atoms with Gasteiger partial charge in [0.15, 0.2) is 0 Å². The predicted molar refractivity (Wildman–Crippen MR) is 87.2 cm³/mol. The highest BCUT2D eigenvalue weighted by Crippen LogP contribution is 2.27. The molecule has 0 amide bonds. The SMILES string of the molecule is CCNC(CN(C)CC1CCC1)c1cc(C)cc(C)c1. The summed E-state index contributed by atoms with van der Waals surface area (Å²) in [4.78, 5) is 2.51. The summed E-state index contributed by atoms with van der Waals surface area (Å²) in [5.74, 6) is 0.946. The summed E-state index contributed by atoms with van der Waals surface area (Å²) in [5.41, 5.74) is 4.17. The topological polar surface area (TPSA) is 15.3 Å². The van der Waals surface area contributed by atoms with Crippen LogP contribution in [0.4, 0.5) is 0 Å². The van der Waals surface area contributed by atoms with Crippen LogP contribution in [0.15, 0.2) is 18.2 Å². The summed E-state index contributed by atoms with van der Waals surface area (Å²) in [6.45, 7) is 9.96. The van der Waals surface area contributed by atoms with Crippen LogP contribution >= 0.6 is 0 Å². The van der Waals surface area contributed by atoms with E-state index in [0.29, 0.717) is 6.04 Å². The standard InChI is InChI=1S/C18H30N2/c1-5-19-18(13-20(4)12-16-7-6-8-16)17-10-14(2)9-15(3)11-17/h9-11,16,18-19H,5-8,12-13H2,1-4H3. The van der Waals surface area contributed by atoms with Crippen LogP contribution in [0.3, 0.4) is 0 Å². The molecule has 112 valence electrons. The summed E-state index contributed by atoms with van der Waals surface area (Å²) in [7, 11) is 2.27. The molecule has 0 bridgehead atoms. The summed E-state index contributed by atoms with van der Waals surface area (Å²) < 4.78 is 0. The molecule has 0 spiro atoms. The minimum Gasteiger partial charge on any atom is -0.309 e. The Morgan fingerprint density at radius 2 is 1.85 bits per heavy atom. The monoisotopic (exact) mass is 274 g/mol. The lowest BCUT2D eigenvalue weighted by Crippen LogP contribution is -2.37. The molecule has 2 heteroatoms. The van der Waals surface area contributed by atoms with E-state index in [4.69, 9.17) is 0 Å². The molecule has 1 atom stereocenters. The molecule has 0 heterocycles. The zero-order valence-electron chi connectivity index (χ0n) is 13.6. The molecule has 1 N–H and O–H groups in total. The number of nitrogens with zero attached hydrogens (tertiary/aromatic N) is 1. The van der Waals surface area contributed by atoms with Gasteiger partial charge in [-0.25, -0.2) is 0 Å². The smallest absolute Gasteiger partial charge is 0.0449 e. The molecule has 1 saturated carbocycles. The first-order valence-corrected chi connectivity index (χ1v) is 8.08. The van der Waals surface area contributed by atoms with E-state index in [9.17, 15) is 0 Å². The van der Waals surface area contributed by atoms with Gasteiger partial charge in [0.05, 0.1) is 0 Å². The van der Waals surface area contributed by atoms with E-state index in [1.807, 2.05) is 0 Å². The van der Waals surface area contributed by atoms with Gasteiger partial charge in [0, 0.05) is 19.1 Å². The van der Waals surface area contributed by atoms with Crippen molar-refractivity contribution in [3.8, 4) is 0 Å². The molecule has 1 fully saturated rings. The van der Waals surface area contributed by atoms with E-state index in [1.165, 1.54) is 42.5 Å². The van der Waals surface area contributed by atoms with Crippen LogP contribution in [-0.2, 0) is 0 Å². The number of aryl methyl sites for hydroxylation is 2. The predicted octanol–water partition coefficient (Wildman–Crippen LogP) is 3.69. The molecule has 20 heavy (non-hydrogen) atoms. The van der Waals surface area contributed by atoms with Crippen molar-refractivity contribution in [2.45, 2.75) is 46.1 Å². The van der Waals surface area contributed by atoms with Crippen LogP contribution in [0.2, 0.25) is 0 Å². The van der Waals surface area contributed by atoms with Gasteiger partial charge in [-0.15, -0.1) is 0 Å². The van der Waals surface area contributed by atoms with Crippen molar-refractivity contribution in [1.29, 1.82) is 0 Å². The molecule has 2 nitrogen and oxygen atoms in total. The number of likely N-dealkylation sites (N-methyl/N-ethyl adjacent to an activating group) is 2. The van der Waals surface area contributed by atoms with Crippen molar-refractivity contribution in [2.24, 2.45) is 5.92 Å². The van der Waals surface area contributed by atoms with Crippen molar-refractivity contribution in [3.05, 3.63) is 34.9 Å². The second-order valence-corrected chi connectivity index (χ2v) is 6.55. The third-order valence-corrected chi connectivity index (χ3v) is 4.39. The van der Waals surface area contributed by atoms with E-state index in [0.717, 1.165) is 19.0 Å². The quantitative estimate of drug-likeness (QED) is 0.816. The van der Waals surface area contributed by atoms with Gasteiger partial charge in [0.1, 0.15) is 0 Å². The highest BCUT2D eigenvalue weighted by atomic mass is 15.1. The van der Waals surface area contributed by atoms with Crippen molar-refractivity contribution in [3.63, 3.8) is 0 Å². The molecule has 1 unspecified atom stereocenters. The Morgan fingerprint density at radius 3 is 2.35 bits per heavy atom. The Balaban J connectivity index is 2.01. The molecule has 1 aliphatic carbocycles. The highest BCUT2D eigenvalue weighted by Gasteiger charge is 2.21. The zero-order chi connectivity index (χ0) is 14.5. The van der Waals surface area contributed by atoms with Gasteiger partial charge in [-0.2, -0.15) is 0 Å². The van der Waals surface area contributed by atoms with Gasteiger partial charge >= 0.3 is 0 Å². The van der Waals surface area contributed by atoms with Crippen molar-refractivity contribution < 1.29 is 0 Å². The maximum Gasteiger partial charge on any atom is 0.0449 e. The lowest BCUT2D eigenvalue weighted by Gasteiger charge is -2.32. The van der Waals surface area contributed by atoms with Gasteiger partial charge in [-0.1, -0.05) is 42.7 Å². The molecule has 1 aromatic rings. The first-order valence-electron chi connectivity index (χ1n) is 8.08. The van der Waals surface area contributed by atoms with Crippen molar-refractivity contribution in [2.75, 3.05) is 26.7 Å². The second kappa shape index (κ2) is 7.24. The minimum atomic E-state index is 0.448. The molecule has 0 saturated heterocycles. The summed E-state index contributed by atoms with van der Waals surface area (Å²) in [6.07, 6.45) is 4.30. The third-order valence-electron chi connectivity index (χ3n) is 4.39. The van der Waals surface area contributed by atoms with E-state index in [-0.39, 0.29) is 0 Å².